The van der Waals surface area contributed by atoms with Gasteiger partial charge in [0, 0.05) is 49.7 Å². The second-order valence-electron chi connectivity index (χ2n) is 7.95. The molecule has 3 heterocycles. The Morgan fingerprint density at radius 1 is 1.00 bits per heavy atom. The van der Waals surface area contributed by atoms with Gasteiger partial charge in [-0.05, 0) is 44.2 Å². The van der Waals surface area contributed by atoms with E-state index in [9.17, 15) is 13.2 Å². The molecule has 0 unspecified atom stereocenters. The molecule has 6 nitrogen and oxygen atoms in total. The lowest BCUT2D eigenvalue weighted by Gasteiger charge is -2.33. The third kappa shape index (κ3) is 5.52. The number of aryl methyl sites for hydroxylation is 1. The number of fused-ring (bicyclic) bond motifs is 1. The van der Waals surface area contributed by atoms with Gasteiger partial charge in [-0.25, -0.2) is 4.98 Å². The first-order chi connectivity index (χ1) is 15.7. The van der Waals surface area contributed by atoms with Crippen LogP contribution in [0.25, 0.3) is 10.8 Å². The number of nitrogens with zero attached hydrogens (tertiary/aromatic N) is 5. The lowest BCUT2D eigenvalue weighted by atomic mass is 10.0. The van der Waals surface area contributed by atoms with E-state index in [1.165, 1.54) is 13.0 Å². The number of piperazine rings is 1. The molecule has 2 aromatic heterocycles. The van der Waals surface area contributed by atoms with E-state index in [4.69, 9.17) is 0 Å². The maximum Gasteiger partial charge on any atom is 0.416 e. The van der Waals surface area contributed by atoms with Crippen LogP contribution in [0.3, 0.4) is 0 Å². The molecule has 0 bridgehead atoms. The lowest BCUT2D eigenvalue weighted by Crippen LogP contribution is -2.44. The van der Waals surface area contributed by atoms with Gasteiger partial charge in [-0.1, -0.05) is 26.0 Å². The van der Waals surface area contributed by atoms with E-state index in [0.717, 1.165) is 54.5 Å². The van der Waals surface area contributed by atoms with Crippen molar-refractivity contribution in [2.75, 3.05) is 43.4 Å². The molecular weight excluding hydrogens is 429 g/mol. The van der Waals surface area contributed by atoms with Crippen molar-refractivity contribution in [1.29, 1.82) is 0 Å². The minimum atomic E-state index is -4.38. The number of alkyl halides is 3. The van der Waals surface area contributed by atoms with Gasteiger partial charge in [0.2, 0.25) is 0 Å². The highest BCUT2D eigenvalue weighted by atomic mass is 19.4. The fourth-order valence-electron chi connectivity index (χ4n) is 3.86. The molecule has 0 saturated carbocycles. The van der Waals surface area contributed by atoms with Crippen LogP contribution in [0.2, 0.25) is 0 Å². The van der Waals surface area contributed by atoms with E-state index in [-0.39, 0.29) is 12.1 Å². The predicted molar refractivity (Wildman–Crippen MR) is 127 cm³/mol. The summed E-state index contributed by atoms with van der Waals surface area (Å²) >= 11 is 0. The SMILES string of the molecule is CC.Cc1c(CNc2nnc(C)c3cnc(N4CCN(C)CC4)cc23)cccc1C(F)(F)F. The van der Waals surface area contributed by atoms with Crippen LogP contribution in [-0.2, 0) is 12.7 Å². The van der Waals surface area contributed by atoms with Crippen molar-refractivity contribution in [3.63, 3.8) is 0 Å². The molecule has 0 amide bonds. The first kappa shape index (κ1) is 24.7. The standard InChI is InChI=1S/C22H25F3N6.C2H6/c1-14-16(5-4-6-19(14)22(23,24)25)12-27-21-17-11-20(31-9-7-30(3)8-10-31)26-13-18(17)15(2)28-29-21;1-2/h4-6,11,13H,7-10,12H2,1-3H3,(H,27,29);1-2H3. The lowest BCUT2D eigenvalue weighted by molar-refractivity contribution is -0.138. The summed E-state index contributed by atoms with van der Waals surface area (Å²) in [5.74, 6) is 1.40. The maximum absolute atomic E-state index is 13.2. The molecule has 4 rings (SSSR count). The maximum atomic E-state index is 13.2. The Kier molecular flexibility index (Phi) is 7.73. The molecule has 33 heavy (non-hydrogen) atoms. The van der Waals surface area contributed by atoms with Gasteiger partial charge < -0.3 is 15.1 Å². The topological polar surface area (TPSA) is 57.2 Å². The van der Waals surface area contributed by atoms with Gasteiger partial charge in [0.15, 0.2) is 5.82 Å². The summed E-state index contributed by atoms with van der Waals surface area (Å²) in [7, 11) is 2.10. The van der Waals surface area contributed by atoms with Crippen molar-refractivity contribution < 1.29 is 13.2 Å². The van der Waals surface area contributed by atoms with Crippen LogP contribution in [-0.4, -0.2) is 53.3 Å². The molecule has 9 heteroatoms. The van der Waals surface area contributed by atoms with Gasteiger partial charge in [-0.2, -0.15) is 18.3 Å². The number of benzene rings is 1. The molecule has 3 aromatic rings. The predicted octanol–water partition coefficient (Wildman–Crippen LogP) is 5.05. The zero-order chi connectivity index (χ0) is 24.2. The molecule has 0 radical (unpaired) electrons. The molecule has 1 fully saturated rings. The first-order valence-electron chi connectivity index (χ1n) is 11.2. The van der Waals surface area contributed by atoms with E-state index < -0.39 is 11.7 Å². The molecule has 1 aliphatic rings. The quantitative estimate of drug-likeness (QED) is 0.588. The number of halogens is 3. The molecule has 178 valence electrons. The third-order valence-electron chi connectivity index (χ3n) is 5.86. The summed E-state index contributed by atoms with van der Waals surface area (Å²) in [5.41, 5.74) is 0.923. The monoisotopic (exact) mass is 460 g/mol. The van der Waals surface area contributed by atoms with Gasteiger partial charge in [-0.3, -0.25) is 0 Å². The summed E-state index contributed by atoms with van der Waals surface area (Å²) < 4.78 is 39.7. The summed E-state index contributed by atoms with van der Waals surface area (Å²) in [5, 5.41) is 13.4. The average molecular weight is 461 g/mol. The molecule has 0 spiro atoms. The summed E-state index contributed by atoms with van der Waals surface area (Å²) in [6.07, 6.45) is -2.58. The van der Waals surface area contributed by atoms with Crippen molar-refractivity contribution in [2.45, 2.75) is 40.4 Å². The number of hydrogen-bond acceptors (Lipinski definition) is 6. The van der Waals surface area contributed by atoms with Crippen LogP contribution in [0.1, 0.15) is 36.2 Å². The van der Waals surface area contributed by atoms with Crippen LogP contribution >= 0.6 is 0 Å². The number of aromatic nitrogens is 3. The Hall–Kier alpha value is -2.94. The summed E-state index contributed by atoms with van der Waals surface area (Å²) in [6.45, 7) is 11.3. The fraction of sp³-hybridized carbons (Fsp3) is 0.458. The van der Waals surface area contributed by atoms with Crippen LogP contribution in [0.5, 0.6) is 0 Å². The highest BCUT2D eigenvalue weighted by Crippen LogP contribution is 2.33. The smallest absolute Gasteiger partial charge is 0.364 e. The molecule has 1 saturated heterocycles. The second-order valence-corrected chi connectivity index (χ2v) is 7.95. The molecular formula is C24H31F3N6. The summed E-state index contributed by atoms with van der Waals surface area (Å²) in [6, 6.07) is 6.22. The molecule has 1 aromatic carbocycles. The fourth-order valence-corrected chi connectivity index (χ4v) is 3.86. The summed E-state index contributed by atoms with van der Waals surface area (Å²) in [4.78, 5) is 9.12. The number of likely N-dealkylation sites (N-methyl/N-ethyl adjacent to an activating group) is 1. The van der Waals surface area contributed by atoms with E-state index in [2.05, 4.69) is 37.3 Å². The molecule has 1 aliphatic heterocycles. The zero-order valence-electron chi connectivity index (χ0n) is 19.8. The number of pyridine rings is 1. The Bertz CT molecular complexity index is 1090. The van der Waals surface area contributed by atoms with E-state index in [0.29, 0.717) is 11.4 Å². The average Bonchev–Trinajstić information content (AvgIpc) is 2.80. The molecule has 0 aliphatic carbocycles. The van der Waals surface area contributed by atoms with E-state index in [1.54, 1.807) is 12.3 Å². The molecule has 1 N–H and O–H groups in total. The first-order valence-corrected chi connectivity index (χ1v) is 11.2. The Morgan fingerprint density at radius 2 is 1.70 bits per heavy atom. The van der Waals surface area contributed by atoms with Gasteiger partial charge in [0.25, 0.3) is 0 Å². The third-order valence-corrected chi connectivity index (χ3v) is 5.86. The van der Waals surface area contributed by atoms with Gasteiger partial charge in [-0.15, -0.1) is 5.10 Å². The van der Waals surface area contributed by atoms with Gasteiger partial charge in [0.1, 0.15) is 5.82 Å². The van der Waals surface area contributed by atoms with Crippen LogP contribution in [0, 0.1) is 13.8 Å². The van der Waals surface area contributed by atoms with Crippen molar-refractivity contribution in [2.24, 2.45) is 0 Å². The van der Waals surface area contributed by atoms with Crippen molar-refractivity contribution in [1.82, 2.24) is 20.1 Å². The van der Waals surface area contributed by atoms with Crippen molar-refractivity contribution in [3.8, 4) is 0 Å². The minimum Gasteiger partial charge on any atom is -0.364 e. The zero-order valence-corrected chi connectivity index (χ0v) is 19.8. The van der Waals surface area contributed by atoms with Crippen LogP contribution in [0.15, 0.2) is 30.5 Å². The number of anilines is 2. The minimum absolute atomic E-state index is 0.215. The van der Waals surface area contributed by atoms with E-state index >= 15 is 0 Å². The van der Waals surface area contributed by atoms with Gasteiger partial charge >= 0.3 is 6.18 Å². The van der Waals surface area contributed by atoms with Gasteiger partial charge in [0.05, 0.1) is 11.3 Å². The molecule has 0 atom stereocenters. The van der Waals surface area contributed by atoms with Crippen LogP contribution in [0.4, 0.5) is 24.8 Å². The Balaban J connectivity index is 0.00000149. The highest BCUT2D eigenvalue weighted by Gasteiger charge is 2.32. The highest BCUT2D eigenvalue weighted by molar-refractivity contribution is 5.94. The number of nitrogens with one attached hydrogen (secondary N) is 1. The van der Waals surface area contributed by atoms with Crippen molar-refractivity contribution >= 4 is 22.4 Å². The second kappa shape index (κ2) is 10.3. The van der Waals surface area contributed by atoms with Crippen molar-refractivity contribution in [3.05, 3.63) is 52.8 Å². The Labute approximate surface area is 192 Å². The van der Waals surface area contributed by atoms with E-state index in [1.807, 2.05) is 26.8 Å². The largest absolute Gasteiger partial charge is 0.416 e. The normalized spacial score (nSPS) is 14.7. The number of rotatable bonds is 4. The van der Waals surface area contributed by atoms with Crippen LogP contribution < -0.4 is 10.2 Å². The Morgan fingerprint density at radius 3 is 2.36 bits per heavy atom. The number of hydrogen-bond donors (Lipinski definition) is 1.